The highest BCUT2D eigenvalue weighted by Crippen LogP contribution is 2.27. The first-order valence-electron chi connectivity index (χ1n) is 10.7. The van der Waals surface area contributed by atoms with E-state index >= 15 is 0 Å². The van der Waals surface area contributed by atoms with Gasteiger partial charge in [-0.05, 0) is 68.4 Å². The first-order chi connectivity index (χ1) is 14.4. The van der Waals surface area contributed by atoms with Gasteiger partial charge in [0.1, 0.15) is 0 Å². The number of benzene rings is 1. The van der Waals surface area contributed by atoms with Crippen molar-refractivity contribution in [3.05, 3.63) is 57.0 Å². The summed E-state index contributed by atoms with van der Waals surface area (Å²) >= 11 is 0. The lowest BCUT2D eigenvalue weighted by molar-refractivity contribution is -0.126. The third-order valence-electron chi connectivity index (χ3n) is 6.19. The summed E-state index contributed by atoms with van der Waals surface area (Å²) in [5.74, 6) is -0.570. The van der Waals surface area contributed by atoms with E-state index in [1.54, 1.807) is 11.0 Å². The Kier molecular flexibility index (Phi) is 5.70. The molecule has 30 heavy (non-hydrogen) atoms. The van der Waals surface area contributed by atoms with Crippen LogP contribution in [-0.2, 0) is 29.0 Å². The number of amides is 2. The fourth-order valence-electron chi connectivity index (χ4n) is 4.22. The molecule has 4 rings (SSSR count). The Morgan fingerprint density at radius 3 is 2.73 bits per heavy atom. The molecular formula is C23H28N4O3. The number of carbonyl (C=O) groups excluding carboxylic acids is 2. The summed E-state index contributed by atoms with van der Waals surface area (Å²) in [4.78, 5) is 39.0. The van der Waals surface area contributed by atoms with E-state index in [-0.39, 0.29) is 29.7 Å². The zero-order chi connectivity index (χ0) is 21.3. The van der Waals surface area contributed by atoms with Crippen molar-refractivity contribution < 1.29 is 9.59 Å². The molecule has 2 heterocycles. The summed E-state index contributed by atoms with van der Waals surface area (Å²) in [5.41, 5.74) is 5.06. The highest BCUT2D eigenvalue weighted by molar-refractivity contribution is 6.00. The van der Waals surface area contributed by atoms with Crippen LogP contribution in [0.2, 0.25) is 0 Å². The van der Waals surface area contributed by atoms with Crippen molar-refractivity contribution in [3.63, 3.8) is 0 Å². The summed E-state index contributed by atoms with van der Waals surface area (Å²) < 4.78 is 1.44. The molecule has 1 N–H and O–H groups in total. The molecule has 1 unspecified atom stereocenters. The van der Waals surface area contributed by atoms with Crippen molar-refractivity contribution in [2.24, 2.45) is 5.92 Å². The van der Waals surface area contributed by atoms with E-state index < -0.39 is 0 Å². The lowest BCUT2D eigenvalue weighted by Gasteiger charge is -2.18. The maximum Gasteiger partial charge on any atom is 0.267 e. The van der Waals surface area contributed by atoms with Crippen LogP contribution in [0.15, 0.2) is 29.1 Å². The molecule has 1 aliphatic carbocycles. The molecule has 2 aromatic rings. The molecule has 0 bridgehead atoms. The molecule has 1 aromatic carbocycles. The van der Waals surface area contributed by atoms with E-state index in [9.17, 15) is 14.4 Å². The second-order valence-electron chi connectivity index (χ2n) is 8.35. The van der Waals surface area contributed by atoms with Crippen LogP contribution in [-0.4, -0.2) is 34.7 Å². The summed E-state index contributed by atoms with van der Waals surface area (Å²) in [6.45, 7) is 5.08. The van der Waals surface area contributed by atoms with Gasteiger partial charge in [0.25, 0.3) is 5.56 Å². The molecule has 1 atom stereocenters. The minimum Gasteiger partial charge on any atom is -0.354 e. The Morgan fingerprint density at radius 1 is 1.13 bits per heavy atom. The molecule has 7 heteroatoms. The van der Waals surface area contributed by atoms with Crippen LogP contribution in [0, 0.1) is 19.8 Å². The number of carbonyl (C=O) groups is 2. The van der Waals surface area contributed by atoms with Crippen LogP contribution in [0.1, 0.15) is 41.6 Å². The molecule has 0 saturated carbocycles. The maximum atomic E-state index is 12.6. The second-order valence-corrected chi connectivity index (χ2v) is 8.35. The number of hydrogen-bond acceptors (Lipinski definition) is 4. The van der Waals surface area contributed by atoms with Gasteiger partial charge in [-0.3, -0.25) is 14.4 Å². The smallest absolute Gasteiger partial charge is 0.267 e. The van der Waals surface area contributed by atoms with Gasteiger partial charge in [-0.25, -0.2) is 4.68 Å². The predicted octanol–water partition coefficient (Wildman–Crippen LogP) is 1.91. The first kappa shape index (κ1) is 20.3. The average Bonchev–Trinajstić information content (AvgIpc) is 3.12. The molecule has 1 saturated heterocycles. The number of hydrogen-bond donors (Lipinski definition) is 1. The monoisotopic (exact) mass is 408 g/mol. The fraction of sp³-hybridized carbons (Fsp3) is 0.478. The minimum absolute atomic E-state index is 0.0361. The molecule has 2 aliphatic rings. The number of rotatable bonds is 5. The zero-order valence-electron chi connectivity index (χ0n) is 17.6. The third-order valence-corrected chi connectivity index (χ3v) is 6.19. The van der Waals surface area contributed by atoms with Crippen LogP contribution in [0.4, 0.5) is 5.69 Å². The number of fused-ring (bicyclic) bond motifs is 1. The van der Waals surface area contributed by atoms with E-state index in [1.807, 2.05) is 32.0 Å². The van der Waals surface area contributed by atoms with Gasteiger partial charge in [-0.1, -0.05) is 6.07 Å². The molecule has 1 aliphatic heterocycles. The predicted molar refractivity (Wildman–Crippen MR) is 115 cm³/mol. The highest BCUT2D eigenvalue weighted by atomic mass is 16.2. The normalized spacial score (nSPS) is 18.4. The van der Waals surface area contributed by atoms with E-state index in [0.717, 1.165) is 48.2 Å². The quantitative estimate of drug-likeness (QED) is 0.819. The largest absolute Gasteiger partial charge is 0.354 e. The van der Waals surface area contributed by atoms with Gasteiger partial charge in [-0.15, -0.1) is 0 Å². The fourth-order valence-corrected chi connectivity index (χ4v) is 4.22. The van der Waals surface area contributed by atoms with Gasteiger partial charge >= 0.3 is 0 Å². The topological polar surface area (TPSA) is 84.3 Å². The summed E-state index contributed by atoms with van der Waals surface area (Å²) in [7, 11) is 0. The number of nitrogens with zero attached hydrogens (tertiary/aromatic N) is 3. The van der Waals surface area contributed by atoms with Gasteiger partial charge < -0.3 is 10.2 Å². The Labute approximate surface area is 176 Å². The van der Waals surface area contributed by atoms with Crippen molar-refractivity contribution >= 4 is 17.5 Å². The molecule has 7 nitrogen and oxygen atoms in total. The van der Waals surface area contributed by atoms with Gasteiger partial charge in [0.05, 0.1) is 18.2 Å². The third kappa shape index (κ3) is 4.15. The number of anilines is 1. The minimum atomic E-state index is -0.382. The standard InChI is InChI=1S/C23H28N4O3/c1-15-7-8-19(11-16(15)2)26-14-18(13-21(26)28)23(30)24-9-10-27-22(29)12-17-5-3-4-6-20(17)25-27/h7-8,11-12,18H,3-6,9-10,13-14H2,1-2H3,(H,24,30). The van der Waals surface area contributed by atoms with Crippen LogP contribution in [0.5, 0.6) is 0 Å². The molecule has 0 radical (unpaired) electrons. The summed E-state index contributed by atoms with van der Waals surface area (Å²) in [6, 6.07) is 7.59. The van der Waals surface area contributed by atoms with Crippen LogP contribution in [0.25, 0.3) is 0 Å². The van der Waals surface area contributed by atoms with Crippen molar-refractivity contribution in [2.45, 2.75) is 52.5 Å². The van der Waals surface area contributed by atoms with E-state index in [4.69, 9.17) is 0 Å². The maximum absolute atomic E-state index is 12.6. The zero-order valence-corrected chi connectivity index (χ0v) is 17.6. The molecule has 158 valence electrons. The summed E-state index contributed by atoms with van der Waals surface area (Å²) in [5, 5.41) is 7.35. The van der Waals surface area contributed by atoms with Crippen molar-refractivity contribution in [2.75, 3.05) is 18.0 Å². The number of aryl methyl sites for hydroxylation is 4. The Bertz CT molecular complexity index is 1040. The average molecular weight is 409 g/mol. The number of nitrogens with one attached hydrogen (secondary N) is 1. The molecule has 1 aromatic heterocycles. The Hall–Kier alpha value is -2.96. The Balaban J connectivity index is 1.34. The first-order valence-corrected chi connectivity index (χ1v) is 10.7. The van der Waals surface area contributed by atoms with Crippen LogP contribution in [0.3, 0.4) is 0 Å². The van der Waals surface area contributed by atoms with Gasteiger partial charge in [-0.2, -0.15) is 5.10 Å². The van der Waals surface area contributed by atoms with Crippen LogP contribution < -0.4 is 15.8 Å². The van der Waals surface area contributed by atoms with Gasteiger partial charge in [0, 0.05) is 31.3 Å². The van der Waals surface area contributed by atoms with E-state index in [2.05, 4.69) is 10.4 Å². The second kappa shape index (κ2) is 8.42. The van der Waals surface area contributed by atoms with Crippen LogP contribution >= 0.6 is 0 Å². The van der Waals surface area contributed by atoms with E-state index in [0.29, 0.717) is 19.6 Å². The SMILES string of the molecule is Cc1ccc(N2CC(C(=O)NCCn3nc4c(cc3=O)CCCC4)CC2=O)cc1C. The van der Waals surface area contributed by atoms with Gasteiger partial charge in [0.15, 0.2) is 0 Å². The Morgan fingerprint density at radius 2 is 1.93 bits per heavy atom. The molecule has 2 amide bonds. The van der Waals surface area contributed by atoms with Gasteiger partial charge in [0.2, 0.25) is 11.8 Å². The van der Waals surface area contributed by atoms with Crippen molar-refractivity contribution in [1.29, 1.82) is 0 Å². The lowest BCUT2D eigenvalue weighted by Crippen LogP contribution is -2.37. The van der Waals surface area contributed by atoms with E-state index in [1.165, 1.54) is 10.2 Å². The molecular weight excluding hydrogens is 380 g/mol. The highest BCUT2D eigenvalue weighted by Gasteiger charge is 2.35. The molecule has 0 spiro atoms. The lowest BCUT2D eigenvalue weighted by atomic mass is 9.97. The van der Waals surface area contributed by atoms with Crippen molar-refractivity contribution in [3.8, 4) is 0 Å². The molecule has 1 fully saturated rings. The summed E-state index contributed by atoms with van der Waals surface area (Å²) in [6.07, 6.45) is 4.23. The van der Waals surface area contributed by atoms with Crippen molar-refractivity contribution in [1.82, 2.24) is 15.1 Å². The number of aromatic nitrogens is 2.